The third-order valence-corrected chi connectivity index (χ3v) is 3.57. The number of aromatic nitrogens is 4. The fourth-order valence-electron chi connectivity index (χ4n) is 2.46. The molecule has 0 radical (unpaired) electrons. The molecule has 3 rings (SSSR count). The van der Waals surface area contributed by atoms with Crippen molar-refractivity contribution >= 4 is 11.6 Å². The Balaban J connectivity index is 1.82. The maximum atomic E-state index is 12.3. The van der Waals surface area contributed by atoms with Crippen molar-refractivity contribution in [3.8, 4) is 5.69 Å². The maximum Gasteiger partial charge on any atom is 0.273 e. The van der Waals surface area contributed by atoms with Crippen LogP contribution in [0.5, 0.6) is 0 Å². The number of H-pyrrole nitrogens is 1. The molecule has 0 atom stereocenters. The van der Waals surface area contributed by atoms with Gasteiger partial charge in [0, 0.05) is 17.8 Å². The van der Waals surface area contributed by atoms with Crippen LogP contribution < -0.4 is 5.32 Å². The topological polar surface area (TPSA) is 75.6 Å². The Hall–Kier alpha value is -2.89. The zero-order valence-corrected chi connectivity index (χ0v) is 13.4. The van der Waals surface area contributed by atoms with E-state index in [1.165, 1.54) is 0 Å². The first-order chi connectivity index (χ1) is 11.1. The van der Waals surface area contributed by atoms with Crippen molar-refractivity contribution in [3.05, 3.63) is 59.4 Å². The van der Waals surface area contributed by atoms with Gasteiger partial charge in [0.2, 0.25) is 0 Å². The van der Waals surface area contributed by atoms with Crippen molar-refractivity contribution in [2.45, 2.75) is 27.2 Å². The number of nitrogens with one attached hydrogen (secondary N) is 2. The van der Waals surface area contributed by atoms with Gasteiger partial charge in [-0.2, -0.15) is 5.10 Å². The number of aromatic amines is 1. The molecule has 2 aromatic heterocycles. The van der Waals surface area contributed by atoms with E-state index < -0.39 is 0 Å². The quantitative estimate of drug-likeness (QED) is 0.778. The Bertz CT molecular complexity index is 846. The van der Waals surface area contributed by atoms with Crippen LogP contribution in [-0.2, 0) is 6.42 Å². The third kappa shape index (κ3) is 3.15. The number of carbonyl (C=O) groups is 1. The summed E-state index contributed by atoms with van der Waals surface area (Å²) < 4.78 is 1.86. The number of carbonyl (C=O) groups excluding carboxylic acids is 1. The van der Waals surface area contributed by atoms with Gasteiger partial charge in [0.25, 0.3) is 5.91 Å². The fraction of sp³-hybridized carbons (Fsp3) is 0.235. The molecule has 0 fully saturated rings. The lowest BCUT2D eigenvalue weighted by molar-refractivity contribution is 0.102. The molecule has 0 saturated heterocycles. The van der Waals surface area contributed by atoms with Crippen LogP contribution in [0.25, 0.3) is 5.69 Å². The Morgan fingerprint density at radius 1 is 1.30 bits per heavy atom. The van der Waals surface area contributed by atoms with E-state index in [2.05, 4.69) is 20.4 Å². The molecule has 2 N–H and O–H groups in total. The average Bonchev–Trinajstić information content (AvgIpc) is 3.14. The van der Waals surface area contributed by atoms with Crippen molar-refractivity contribution < 1.29 is 4.79 Å². The summed E-state index contributed by atoms with van der Waals surface area (Å²) in [6, 6.07) is 9.62. The summed E-state index contributed by atoms with van der Waals surface area (Å²) in [7, 11) is 0. The highest BCUT2D eigenvalue weighted by Gasteiger charge is 2.10. The lowest BCUT2D eigenvalue weighted by atomic mass is 10.2. The molecule has 0 bridgehead atoms. The molecular weight excluding hydrogens is 290 g/mol. The van der Waals surface area contributed by atoms with Crippen LogP contribution >= 0.6 is 0 Å². The van der Waals surface area contributed by atoms with Gasteiger partial charge in [-0.25, -0.2) is 9.67 Å². The number of aryl methyl sites for hydroxylation is 3. The second kappa shape index (κ2) is 6.08. The summed E-state index contributed by atoms with van der Waals surface area (Å²) in [5.74, 6) is 0.592. The number of benzene rings is 1. The van der Waals surface area contributed by atoms with Crippen molar-refractivity contribution in [2.75, 3.05) is 5.32 Å². The largest absolute Gasteiger partial charge is 0.338 e. The zero-order chi connectivity index (χ0) is 16.4. The van der Waals surface area contributed by atoms with E-state index in [-0.39, 0.29) is 5.91 Å². The smallest absolute Gasteiger partial charge is 0.273 e. The number of imidazole rings is 1. The highest BCUT2D eigenvalue weighted by Crippen LogP contribution is 2.17. The summed E-state index contributed by atoms with van der Waals surface area (Å²) in [5.41, 5.74) is 4.09. The Morgan fingerprint density at radius 3 is 2.78 bits per heavy atom. The van der Waals surface area contributed by atoms with E-state index in [9.17, 15) is 4.79 Å². The van der Waals surface area contributed by atoms with Gasteiger partial charge in [-0.15, -0.1) is 0 Å². The molecule has 23 heavy (non-hydrogen) atoms. The van der Waals surface area contributed by atoms with Crippen LogP contribution in [0.2, 0.25) is 0 Å². The number of hydrogen-bond donors (Lipinski definition) is 2. The predicted molar refractivity (Wildman–Crippen MR) is 89.0 cm³/mol. The van der Waals surface area contributed by atoms with Crippen LogP contribution in [0.1, 0.15) is 34.6 Å². The van der Waals surface area contributed by atoms with Gasteiger partial charge in [-0.1, -0.05) is 13.0 Å². The minimum absolute atomic E-state index is 0.206. The summed E-state index contributed by atoms with van der Waals surface area (Å²) >= 11 is 0. The molecule has 3 aromatic rings. The molecule has 0 saturated carbocycles. The minimum Gasteiger partial charge on any atom is -0.338 e. The Kier molecular flexibility index (Phi) is 3.97. The fourth-order valence-corrected chi connectivity index (χ4v) is 2.46. The van der Waals surface area contributed by atoms with Crippen molar-refractivity contribution in [3.63, 3.8) is 0 Å². The van der Waals surface area contributed by atoms with Gasteiger partial charge < -0.3 is 10.3 Å². The van der Waals surface area contributed by atoms with Crippen LogP contribution in [-0.4, -0.2) is 25.7 Å². The first-order valence-corrected chi connectivity index (χ1v) is 7.55. The van der Waals surface area contributed by atoms with E-state index >= 15 is 0 Å². The molecule has 6 heteroatoms. The number of amides is 1. The molecule has 6 nitrogen and oxygen atoms in total. The monoisotopic (exact) mass is 309 g/mol. The van der Waals surface area contributed by atoms with E-state index in [1.54, 1.807) is 6.20 Å². The van der Waals surface area contributed by atoms with Crippen LogP contribution in [0.15, 0.2) is 36.5 Å². The SMILES string of the molecule is CCc1ncc(C(=O)Nc2cccc(-n3nc(C)cc3C)c2)[nH]1. The maximum absolute atomic E-state index is 12.3. The summed E-state index contributed by atoms with van der Waals surface area (Å²) in [4.78, 5) is 19.4. The summed E-state index contributed by atoms with van der Waals surface area (Å²) in [6.45, 7) is 5.94. The standard InChI is InChI=1S/C17H19N5O/c1-4-16-18-10-15(20-16)17(23)19-13-6-5-7-14(9-13)22-12(3)8-11(2)21-22/h5-10H,4H2,1-3H3,(H,18,20)(H,19,23). The lowest BCUT2D eigenvalue weighted by Crippen LogP contribution is -2.12. The second-order valence-corrected chi connectivity index (χ2v) is 5.44. The number of nitrogens with zero attached hydrogens (tertiary/aromatic N) is 3. The summed E-state index contributed by atoms with van der Waals surface area (Å²) in [6.07, 6.45) is 2.32. The highest BCUT2D eigenvalue weighted by atomic mass is 16.1. The molecule has 0 unspecified atom stereocenters. The van der Waals surface area contributed by atoms with Crippen LogP contribution in [0, 0.1) is 13.8 Å². The Morgan fingerprint density at radius 2 is 2.13 bits per heavy atom. The van der Waals surface area contributed by atoms with Gasteiger partial charge in [0.15, 0.2) is 0 Å². The van der Waals surface area contributed by atoms with Gasteiger partial charge in [-0.3, -0.25) is 4.79 Å². The third-order valence-electron chi connectivity index (χ3n) is 3.57. The van der Waals surface area contributed by atoms with Crippen LogP contribution in [0.4, 0.5) is 5.69 Å². The molecule has 118 valence electrons. The van der Waals surface area contributed by atoms with Gasteiger partial charge in [0.1, 0.15) is 11.5 Å². The highest BCUT2D eigenvalue weighted by molar-refractivity contribution is 6.02. The first kappa shape index (κ1) is 15.0. The molecule has 1 amide bonds. The average molecular weight is 309 g/mol. The molecule has 1 aromatic carbocycles. The van der Waals surface area contributed by atoms with Crippen LogP contribution in [0.3, 0.4) is 0 Å². The molecule has 0 aliphatic rings. The second-order valence-electron chi connectivity index (χ2n) is 5.44. The number of rotatable bonds is 4. The van der Waals surface area contributed by atoms with Gasteiger partial charge in [0.05, 0.1) is 17.6 Å². The normalized spacial score (nSPS) is 10.7. The van der Waals surface area contributed by atoms with Gasteiger partial charge >= 0.3 is 0 Å². The summed E-state index contributed by atoms with van der Waals surface area (Å²) in [5, 5.41) is 7.34. The minimum atomic E-state index is -0.206. The van der Waals surface area contributed by atoms with Crippen molar-refractivity contribution in [2.24, 2.45) is 0 Å². The van der Waals surface area contributed by atoms with E-state index in [4.69, 9.17) is 0 Å². The first-order valence-electron chi connectivity index (χ1n) is 7.55. The predicted octanol–water partition coefficient (Wildman–Crippen LogP) is 3.03. The zero-order valence-electron chi connectivity index (χ0n) is 13.4. The number of hydrogen-bond acceptors (Lipinski definition) is 3. The lowest BCUT2D eigenvalue weighted by Gasteiger charge is -2.08. The van der Waals surface area contributed by atoms with Gasteiger partial charge in [-0.05, 0) is 38.1 Å². The molecule has 0 aliphatic heterocycles. The van der Waals surface area contributed by atoms with Crippen molar-refractivity contribution in [1.82, 2.24) is 19.7 Å². The Labute approximate surface area is 134 Å². The number of anilines is 1. The van der Waals surface area contributed by atoms with E-state index in [1.807, 2.05) is 55.8 Å². The molecule has 0 spiro atoms. The molecule has 2 heterocycles. The molecule has 0 aliphatic carbocycles. The van der Waals surface area contributed by atoms with E-state index in [0.29, 0.717) is 11.4 Å². The molecular formula is C17H19N5O. The van der Waals surface area contributed by atoms with Crippen molar-refractivity contribution in [1.29, 1.82) is 0 Å². The van der Waals surface area contributed by atoms with E-state index in [0.717, 1.165) is 29.3 Å².